The molecule has 0 unspecified atom stereocenters. The Morgan fingerprint density at radius 2 is 1.55 bits per heavy atom. The molecule has 0 aliphatic heterocycles. The molecule has 0 radical (unpaired) electrons. The molecule has 3 N–H and O–H groups in total. The lowest BCUT2D eigenvalue weighted by Gasteiger charge is -2.20. The third kappa shape index (κ3) is 5.13. The fourth-order valence-electron chi connectivity index (χ4n) is 3.35. The van der Waals surface area contributed by atoms with Crippen LogP contribution < -0.4 is 5.32 Å². The van der Waals surface area contributed by atoms with Gasteiger partial charge < -0.3 is 9.79 Å². The number of nitrogens with one attached hydrogen (secondary N) is 1. The Bertz CT molecular complexity index is 1190. The van der Waals surface area contributed by atoms with E-state index in [0.29, 0.717) is 28.4 Å². The van der Waals surface area contributed by atoms with E-state index in [2.05, 4.69) is 10.4 Å². The van der Waals surface area contributed by atoms with Crippen molar-refractivity contribution < 1.29 is 14.4 Å². The molecule has 1 heterocycles. The van der Waals surface area contributed by atoms with Crippen molar-refractivity contribution in [2.75, 3.05) is 0 Å². The average molecular weight is 454 g/mol. The Balaban J connectivity index is 1.79. The Morgan fingerprint density at radius 1 is 0.935 bits per heavy atom. The van der Waals surface area contributed by atoms with Gasteiger partial charge in [0.2, 0.25) is 0 Å². The number of para-hydroxylation sites is 1. The van der Waals surface area contributed by atoms with E-state index >= 15 is 0 Å². The lowest BCUT2D eigenvalue weighted by molar-refractivity contribution is 0.347. The minimum Gasteiger partial charge on any atom is -0.323 e. The minimum atomic E-state index is -4.56. The molecule has 8 heteroatoms. The van der Waals surface area contributed by atoms with Gasteiger partial charge in [-0.3, -0.25) is 9.88 Å². The second-order valence-corrected chi connectivity index (χ2v) is 9.21. The zero-order valence-corrected chi connectivity index (χ0v) is 18.1. The molecular weight excluding hydrogens is 433 g/mol. The van der Waals surface area contributed by atoms with Crippen LogP contribution in [0.5, 0.6) is 0 Å². The molecule has 0 amide bonds. The monoisotopic (exact) mass is 453 g/mol. The van der Waals surface area contributed by atoms with Gasteiger partial charge in [0.1, 0.15) is 5.78 Å². The fourth-order valence-corrected chi connectivity index (χ4v) is 4.36. The van der Waals surface area contributed by atoms with Gasteiger partial charge in [0.15, 0.2) is 0 Å². The van der Waals surface area contributed by atoms with Crippen LogP contribution in [-0.2, 0) is 11.1 Å². The van der Waals surface area contributed by atoms with Crippen molar-refractivity contribution in [1.82, 2.24) is 15.1 Å². The smallest absolute Gasteiger partial charge is 0.323 e. The molecule has 0 saturated heterocycles. The summed E-state index contributed by atoms with van der Waals surface area (Å²) in [5.74, 6) is -1.23. The summed E-state index contributed by atoms with van der Waals surface area (Å²) in [5.41, 5.74) is 3.32. The van der Waals surface area contributed by atoms with Crippen molar-refractivity contribution in [2.24, 2.45) is 0 Å². The lowest BCUT2D eigenvalue weighted by atomic mass is 10.1. The predicted octanol–water partition coefficient (Wildman–Crippen LogP) is 5.16. The topological polar surface area (TPSA) is 87.4 Å². The molecule has 0 bridgehead atoms. The van der Waals surface area contributed by atoms with Crippen molar-refractivity contribution in [3.05, 3.63) is 107 Å². The summed E-state index contributed by atoms with van der Waals surface area (Å²) in [6, 6.07) is 25.9. The van der Waals surface area contributed by atoms with Gasteiger partial charge in [0.25, 0.3) is 0 Å². The minimum absolute atomic E-state index is 0.299. The number of halogens is 1. The van der Waals surface area contributed by atoms with Crippen LogP contribution >= 0.6 is 19.2 Å². The normalized spacial score (nSPS) is 12.6. The van der Waals surface area contributed by atoms with Crippen molar-refractivity contribution in [3.8, 4) is 16.9 Å². The van der Waals surface area contributed by atoms with E-state index in [0.717, 1.165) is 11.3 Å². The molecule has 0 spiro atoms. The zero-order chi connectivity index (χ0) is 21.8. The van der Waals surface area contributed by atoms with Gasteiger partial charge in [-0.15, -0.1) is 0 Å². The van der Waals surface area contributed by atoms with E-state index in [-0.39, 0.29) is 0 Å². The Hall–Kier alpha value is -2.73. The van der Waals surface area contributed by atoms with Gasteiger partial charge in [0.05, 0.1) is 11.4 Å². The summed E-state index contributed by atoms with van der Waals surface area (Å²) in [6.07, 6.45) is 1.67. The summed E-state index contributed by atoms with van der Waals surface area (Å²) in [7, 11) is -4.56. The highest BCUT2D eigenvalue weighted by Gasteiger charge is 2.34. The zero-order valence-electron chi connectivity index (χ0n) is 16.5. The van der Waals surface area contributed by atoms with Gasteiger partial charge in [-0.2, -0.15) is 5.10 Å². The SMILES string of the molecule is O=P(O)(O)[C@H](NCc1ccccc1)c1cn(-c2ccccc2)nc1-c1ccc(Cl)cc1. The van der Waals surface area contributed by atoms with Crippen LogP contribution in [0, 0.1) is 0 Å². The fraction of sp³-hybridized carbons (Fsp3) is 0.0870. The first-order chi connectivity index (χ1) is 14.9. The summed E-state index contributed by atoms with van der Waals surface area (Å²) in [5, 5.41) is 8.27. The molecule has 0 aliphatic carbocycles. The molecule has 1 aromatic heterocycles. The van der Waals surface area contributed by atoms with Crippen LogP contribution in [0.15, 0.2) is 91.1 Å². The number of rotatable bonds is 7. The lowest BCUT2D eigenvalue weighted by Crippen LogP contribution is -2.21. The largest absolute Gasteiger partial charge is 0.346 e. The maximum Gasteiger partial charge on any atom is 0.346 e. The van der Waals surface area contributed by atoms with Gasteiger partial charge in [-0.25, -0.2) is 4.68 Å². The van der Waals surface area contributed by atoms with Crippen LogP contribution in [0.2, 0.25) is 5.02 Å². The van der Waals surface area contributed by atoms with Crippen LogP contribution in [0.3, 0.4) is 0 Å². The molecule has 0 aliphatic rings. The molecule has 4 rings (SSSR count). The third-order valence-corrected chi connectivity index (χ3v) is 6.24. The van der Waals surface area contributed by atoms with E-state index < -0.39 is 13.4 Å². The van der Waals surface area contributed by atoms with E-state index in [1.807, 2.05) is 60.7 Å². The molecule has 31 heavy (non-hydrogen) atoms. The standard InChI is InChI=1S/C23H21ClN3O3P/c24-19-13-11-18(12-14-19)22-21(16-27(26-22)20-9-5-2-6-10-20)23(31(28,29)30)25-15-17-7-3-1-4-8-17/h1-14,16,23,25H,15H2,(H2,28,29,30)/t23-/m0/s1. The summed E-state index contributed by atoms with van der Waals surface area (Å²) >= 11 is 6.03. The summed E-state index contributed by atoms with van der Waals surface area (Å²) < 4.78 is 14.1. The van der Waals surface area contributed by atoms with Gasteiger partial charge in [-0.1, -0.05) is 72.3 Å². The molecule has 3 aromatic carbocycles. The van der Waals surface area contributed by atoms with E-state index in [9.17, 15) is 14.4 Å². The molecule has 4 aromatic rings. The highest BCUT2D eigenvalue weighted by Crippen LogP contribution is 2.52. The van der Waals surface area contributed by atoms with E-state index in [4.69, 9.17) is 11.6 Å². The molecule has 0 saturated carbocycles. The van der Waals surface area contributed by atoms with E-state index in [1.165, 1.54) is 0 Å². The molecule has 1 atom stereocenters. The van der Waals surface area contributed by atoms with Crippen molar-refractivity contribution in [3.63, 3.8) is 0 Å². The number of aromatic nitrogens is 2. The Morgan fingerprint density at radius 3 is 2.16 bits per heavy atom. The average Bonchev–Trinajstić information content (AvgIpc) is 3.20. The summed E-state index contributed by atoms with van der Waals surface area (Å²) in [6.45, 7) is 0.299. The van der Waals surface area contributed by atoms with Crippen molar-refractivity contribution in [1.29, 1.82) is 0 Å². The summed E-state index contributed by atoms with van der Waals surface area (Å²) in [4.78, 5) is 20.4. The predicted molar refractivity (Wildman–Crippen MR) is 122 cm³/mol. The Kier molecular flexibility index (Phi) is 6.37. The first-order valence-corrected chi connectivity index (χ1v) is 11.7. The van der Waals surface area contributed by atoms with Gasteiger partial charge >= 0.3 is 7.60 Å². The van der Waals surface area contributed by atoms with E-state index in [1.54, 1.807) is 35.1 Å². The second kappa shape index (κ2) is 9.18. The van der Waals surface area contributed by atoms with Crippen molar-refractivity contribution >= 4 is 19.2 Å². The first kappa shape index (κ1) is 21.5. The number of hydrogen-bond donors (Lipinski definition) is 3. The van der Waals surface area contributed by atoms with Gasteiger partial charge in [-0.05, 0) is 29.8 Å². The van der Waals surface area contributed by atoms with Crippen LogP contribution in [0.25, 0.3) is 16.9 Å². The van der Waals surface area contributed by atoms with Gasteiger partial charge in [0, 0.05) is 28.9 Å². The second-order valence-electron chi connectivity index (χ2n) is 7.08. The highest BCUT2D eigenvalue weighted by molar-refractivity contribution is 7.52. The maximum absolute atomic E-state index is 12.5. The number of nitrogens with zero attached hydrogens (tertiary/aromatic N) is 2. The molecule has 0 fully saturated rings. The molecular formula is C23H21ClN3O3P. The van der Waals surface area contributed by atoms with Crippen LogP contribution in [0.1, 0.15) is 16.9 Å². The number of benzene rings is 3. The molecule has 6 nitrogen and oxygen atoms in total. The first-order valence-electron chi connectivity index (χ1n) is 9.65. The van der Waals surface area contributed by atoms with Crippen LogP contribution in [-0.4, -0.2) is 19.6 Å². The quantitative estimate of drug-likeness (QED) is 0.336. The third-order valence-electron chi connectivity index (χ3n) is 4.85. The number of hydrogen-bond acceptors (Lipinski definition) is 3. The molecule has 158 valence electrons. The highest BCUT2D eigenvalue weighted by atomic mass is 35.5. The Labute approximate surface area is 185 Å². The maximum atomic E-state index is 12.5. The van der Waals surface area contributed by atoms with Crippen molar-refractivity contribution in [2.45, 2.75) is 12.3 Å². The van der Waals surface area contributed by atoms with Crippen LogP contribution in [0.4, 0.5) is 0 Å².